The van der Waals surface area contributed by atoms with Crippen molar-refractivity contribution in [3.05, 3.63) is 29.8 Å². The molecule has 0 amide bonds. The van der Waals surface area contributed by atoms with E-state index in [1.807, 2.05) is 11.8 Å². The van der Waals surface area contributed by atoms with Crippen LogP contribution in [0.5, 0.6) is 0 Å². The van der Waals surface area contributed by atoms with E-state index < -0.39 is 0 Å². The van der Waals surface area contributed by atoms with Gasteiger partial charge in [-0.2, -0.15) is 0 Å². The highest BCUT2D eigenvalue weighted by Gasteiger charge is 1.98. The third-order valence-corrected chi connectivity index (χ3v) is 3.60. The van der Waals surface area contributed by atoms with Gasteiger partial charge in [0.25, 0.3) is 0 Å². The molecule has 0 aliphatic carbocycles. The van der Waals surface area contributed by atoms with Crippen LogP contribution in [-0.4, -0.2) is 37.8 Å². The van der Waals surface area contributed by atoms with Crippen molar-refractivity contribution < 1.29 is 0 Å². The first-order chi connectivity index (χ1) is 8.58. The molecule has 102 valence electrons. The lowest BCUT2D eigenvalue weighted by Crippen LogP contribution is -2.18. The molecule has 1 N–H and O–H groups in total. The van der Waals surface area contributed by atoms with E-state index in [0.717, 1.165) is 25.4 Å². The fraction of sp³-hybridized carbons (Fsp3) is 0.600. The van der Waals surface area contributed by atoms with Crippen LogP contribution in [0.15, 0.2) is 29.2 Å². The van der Waals surface area contributed by atoms with E-state index in [4.69, 9.17) is 0 Å². The summed E-state index contributed by atoms with van der Waals surface area (Å²) in [5, 5.41) is 3.47. The molecule has 0 aromatic heterocycles. The molecule has 0 atom stereocenters. The number of hydrogen-bond donors (Lipinski definition) is 1. The van der Waals surface area contributed by atoms with Crippen LogP contribution in [0.4, 0.5) is 0 Å². The van der Waals surface area contributed by atoms with Gasteiger partial charge in [-0.15, -0.1) is 11.8 Å². The zero-order chi connectivity index (χ0) is 13.4. The van der Waals surface area contributed by atoms with Crippen molar-refractivity contribution in [2.24, 2.45) is 5.92 Å². The predicted octanol–water partition coefficient (Wildman–Crippen LogP) is 3.09. The summed E-state index contributed by atoms with van der Waals surface area (Å²) in [4.78, 5) is 3.58. The predicted molar refractivity (Wildman–Crippen MR) is 82.3 cm³/mol. The summed E-state index contributed by atoms with van der Waals surface area (Å²) in [7, 11) is 4.23. The first kappa shape index (κ1) is 15.5. The summed E-state index contributed by atoms with van der Waals surface area (Å²) in [5.74, 6) is 1.86. The van der Waals surface area contributed by atoms with Crippen LogP contribution in [0, 0.1) is 5.92 Å². The van der Waals surface area contributed by atoms with Crippen molar-refractivity contribution in [2.45, 2.75) is 25.3 Å². The van der Waals surface area contributed by atoms with Gasteiger partial charge in [0.15, 0.2) is 0 Å². The fourth-order valence-electron chi connectivity index (χ4n) is 1.55. The van der Waals surface area contributed by atoms with Gasteiger partial charge in [0.2, 0.25) is 0 Å². The summed E-state index contributed by atoms with van der Waals surface area (Å²) in [5.41, 5.74) is 1.37. The Balaban J connectivity index is 2.28. The molecule has 1 rings (SSSR count). The third kappa shape index (κ3) is 7.04. The maximum Gasteiger partial charge on any atom is 0.0205 e. The van der Waals surface area contributed by atoms with Crippen LogP contribution in [0.3, 0.4) is 0 Å². The fourth-order valence-corrected chi connectivity index (χ4v) is 2.58. The smallest absolute Gasteiger partial charge is 0.0205 e. The highest BCUT2D eigenvalue weighted by Crippen LogP contribution is 2.18. The molecule has 0 saturated carbocycles. The number of rotatable bonds is 8. The zero-order valence-corrected chi connectivity index (χ0v) is 12.9. The van der Waals surface area contributed by atoms with Gasteiger partial charge < -0.3 is 10.2 Å². The van der Waals surface area contributed by atoms with Crippen LogP contribution < -0.4 is 5.32 Å². The quantitative estimate of drug-likeness (QED) is 0.728. The van der Waals surface area contributed by atoms with Gasteiger partial charge >= 0.3 is 0 Å². The standard InChI is InChI=1S/C15H26N2S/c1-13(2)11-16-12-14-5-7-15(8-6-14)18-10-9-17(3)4/h5-8,13,16H,9-12H2,1-4H3. The number of thioether (sulfide) groups is 1. The average molecular weight is 266 g/mol. The van der Waals surface area contributed by atoms with Gasteiger partial charge in [0.1, 0.15) is 0 Å². The Labute approximate surface area is 116 Å². The minimum atomic E-state index is 0.714. The molecule has 0 aliphatic heterocycles. The van der Waals surface area contributed by atoms with Crippen LogP contribution in [0.1, 0.15) is 19.4 Å². The number of nitrogens with zero attached hydrogens (tertiary/aromatic N) is 1. The van der Waals surface area contributed by atoms with Crippen LogP contribution in [0.2, 0.25) is 0 Å². The van der Waals surface area contributed by atoms with Crippen molar-refractivity contribution in [3.8, 4) is 0 Å². The molecule has 0 radical (unpaired) electrons. The summed E-state index contributed by atoms with van der Waals surface area (Å²) in [6.07, 6.45) is 0. The molecule has 1 aromatic rings. The normalized spacial score (nSPS) is 11.4. The Bertz CT molecular complexity index is 287. The summed E-state index contributed by atoms with van der Waals surface area (Å²) in [6.45, 7) is 7.65. The number of nitrogens with one attached hydrogen (secondary N) is 1. The minimum absolute atomic E-state index is 0.714. The van der Waals surface area contributed by atoms with E-state index in [1.54, 1.807) is 0 Å². The second-order valence-corrected chi connectivity index (χ2v) is 6.49. The van der Waals surface area contributed by atoms with Gasteiger partial charge in [0.05, 0.1) is 0 Å². The molecular weight excluding hydrogens is 240 g/mol. The van der Waals surface area contributed by atoms with Gasteiger partial charge in [-0.05, 0) is 44.3 Å². The third-order valence-electron chi connectivity index (χ3n) is 2.61. The Kier molecular flexibility index (Phi) is 7.40. The van der Waals surface area contributed by atoms with Crippen LogP contribution in [0.25, 0.3) is 0 Å². The Morgan fingerprint density at radius 3 is 2.39 bits per heavy atom. The summed E-state index contributed by atoms with van der Waals surface area (Å²) >= 11 is 1.92. The summed E-state index contributed by atoms with van der Waals surface area (Å²) < 4.78 is 0. The molecule has 0 saturated heterocycles. The molecule has 3 heteroatoms. The van der Waals surface area contributed by atoms with Gasteiger partial charge in [0, 0.05) is 23.7 Å². The first-order valence-electron chi connectivity index (χ1n) is 6.65. The molecule has 0 spiro atoms. The van der Waals surface area contributed by atoms with Crippen molar-refractivity contribution in [1.29, 1.82) is 0 Å². The zero-order valence-electron chi connectivity index (χ0n) is 12.1. The van der Waals surface area contributed by atoms with Crippen molar-refractivity contribution in [1.82, 2.24) is 10.2 Å². The molecule has 0 fully saturated rings. The average Bonchev–Trinajstić information content (AvgIpc) is 2.30. The molecule has 18 heavy (non-hydrogen) atoms. The SMILES string of the molecule is CC(C)CNCc1ccc(SCCN(C)C)cc1. The minimum Gasteiger partial charge on any atom is -0.312 e. The van der Waals surface area contributed by atoms with E-state index >= 15 is 0 Å². The molecule has 2 nitrogen and oxygen atoms in total. The largest absolute Gasteiger partial charge is 0.312 e. The molecule has 0 heterocycles. The molecule has 0 unspecified atom stereocenters. The molecule has 0 bridgehead atoms. The highest BCUT2D eigenvalue weighted by molar-refractivity contribution is 7.99. The monoisotopic (exact) mass is 266 g/mol. The maximum atomic E-state index is 3.47. The second kappa shape index (κ2) is 8.57. The lowest BCUT2D eigenvalue weighted by atomic mass is 10.2. The maximum absolute atomic E-state index is 3.47. The van der Waals surface area contributed by atoms with E-state index in [2.05, 4.69) is 62.4 Å². The molecule has 1 aromatic carbocycles. The van der Waals surface area contributed by atoms with Gasteiger partial charge in [-0.1, -0.05) is 26.0 Å². The number of hydrogen-bond acceptors (Lipinski definition) is 3. The Hall–Kier alpha value is -0.510. The van der Waals surface area contributed by atoms with Crippen LogP contribution >= 0.6 is 11.8 Å². The summed E-state index contributed by atoms with van der Waals surface area (Å²) in [6, 6.07) is 8.91. The first-order valence-corrected chi connectivity index (χ1v) is 7.63. The van der Waals surface area contributed by atoms with E-state index in [1.165, 1.54) is 10.5 Å². The van der Waals surface area contributed by atoms with E-state index in [0.29, 0.717) is 5.92 Å². The lowest BCUT2D eigenvalue weighted by molar-refractivity contribution is 0.437. The topological polar surface area (TPSA) is 15.3 Å². The van der Waals surface area contributed by atoms with Crippen molar-refractivity contribution in [2.75, 3.05) is 32.9 Å². The number of benzene rings is 1. The Morgan fingerprint density at radius 1 is 1.17 bits per heavy atom. The van der Waals surface area contributed by atoms with Gasteiger partial charge in [-0.3, -0.25) is 0 Å². The van der Waals surface area contributed by atoms with E-state index in [-0.39, 0.29) is 0 Å². The molecule has 0 aliphatic rings. The highest BCUT2D eigenvalue weighted by atomic mass is 32.2. The van der Waals surface area contributed by atoms with E-state index in [9.17, 15) is 0 Å². The van der Waals surface area contributed by atoms with Crippen molar-refractivity contribution >= 4 is 11.8 Å². The second-order valence-electron chi connectivity index (χ2n) is 5.32. The lowest BCUT2D eigenvalue weighted by Gasteiger charge is -2.10. The molecular formula is C15H26N2S. The Morgan fingerprint density at radius 2 is 1.83 bits per heavy atom. The van der Waals surface area contributed by atoms with Crippen LogP contribution in [-0.2, 0) is 6.54 Å². The van der Waals surface area contributed by atoms with Crippen molar-refractivity contribution in [3.63, 3.8) is 0 Å². The van der Waals surface area contributed by atoms with Gasteiger partial charge in [-0.25, -0.2) is 0 Å².